The monoisotopic (exact) mass is 377 g/mol. The maximum absolute atomic E-state index is 13.2. The van der Waals surface area contributed by atoms with Gasteiger partial charge in [0.25, 0.3) is 6.43 Å². The molecule has 0 saturated carbocycles. The standard InChI is InChI=1S/C15H13F6N5/c16-12-2-1-10(3-11(12)13(17)18)23-6-9(22)7-26-14-24-4-8(5-25-14)15(19,20)21/h1-6,13,23H,7,22H2,(H,24,25,26)/b9-6-. The lowest BCUT2D eigenvalue weighted by molar-refractivity contribution is -0.138. The fourth-order valence-corrected chi connectivity index (χ4v) is 1.77. The topological polar surface area (TPSA) is 75.9 Å². The van der Waals surface area contributed by atoms with Gasteiger partial charge >= 0.3 is 6.18 Å². The first-order valence-electron chi connectivity index (χ1n) is 7.08. The van der Waals surface area contributed by atoms with E-state index in [0.29, 0.717) is 12.4 Å². The summed E-state index contributed by atoms with van der Waals surface area (Å²) in [5.41, 5.74) is 4.30. The fraction of sp³-hybridized carbons (Fsp3) is 0.200. The number of nitrogens with one attached hydrogen (secondary N) is 2. The summed E-state index contributed by atoms with van der Waals surface area (Å²) in [7, 11) is 0. The summed E-state index contributed by atoms with van der Waals surface area (Å²) < 4.78 is 75.6. The highest BCUT2D eigenvalue weighted by Gasteiger charge is 2.31. The van der Waals surface area contributed by atoms with Crippen molar-refractivity contribution < 1.29 is 26.3 Å². The highest BCUT2D eigenvalue weighted by atomic mass is 19.4. The smallest absolute Gasteiger partial charge is 0.399 e. The van der Waals surface area contributed by atoms with E-state index in [-0.39, 0.29) is 23.9 Å². The number of hydrogen-bond donors (Lipinski definition) is 3. The van der Waals surface area contributed by atoms with Crippen molar-refractivity contribution in [3.63, 3.8) is 0 Å². The molecule has 0 atom stereocenters. The largest absolute Gasteiger partial charge is 0.419 e. The molecule has 0 fully saturated rings. The summed E-state index contributed by atoms with van der Waals surface area (Å²) in [5.74, 6) is -1.10. The Morgan fingerprint density at radius 2 is 1.85 bits per heavy atom. The number of benzene rings is 1. The Kier molecular flexibility index (Phi) is 5.90. The van der Waals surface area contributed by atoms with Crippen LogP contribution in [0.1, 0.15) is 17.6 Å². The van der Waals surface area contributed by atoms with Crippen LogP contribution in [0, 0.1) is 5.82 Å². The first-order chi connectivity index (χ1) is 12.2. The molecule has 26 heavy (non-hydrogen) atoms. The maximum Gasteiger partial charge on any atom is 0.419 e. The molecule has 1 aromatic carbocycles. The molecule has 0 aliphatic heterocycles. The molecule has 0 aliphatic rings. The van der Waals surface area contributed by atoms with Crippen molar-refractivity contribution in [3.8, 4) is 0 Å². The Hall–Kier alpha value is -2.98. The van der Waals surface area contributed by atoms with Crippen LogP contribution in [-0.4, -0.2) is 16.5 Å². The summed E-state index contributed by atoms with van der Waals surface area (Å²) in [6.45, 7) is -0.0265. The quantitative estimate of drug-likeness (QED) is 0.666. The average molecular weight is 377 g/mol. The molecular weight excluding hydrogens is 364 g/mol. The van der Waals surface area contributed by atoms with E-state index in [1.807, 2.05) is 0 Å². The molecule has 1 heterocycles. The second-order valence-electron chi connectivity index (χ2n) is 5.05. The summed E-state index contributed by atoms with van der Waals surface area (Å²) in [6.07, 6.45) is -4.99. The summed E-state index contributed by atoms with van der Waals surface area (Å²) in [6, 6.07) is 3.08. The van der Waals surface area contributed by atoms with Gasteiger partial charge in [-0.3, -0.25) is 0 Å². The first kappa shape index (κ1) is 19.3. The van der Waals surface area contributed by atoms with Crippen LogP contribution in [0.4, 0.5) is 38.0 Å². The van der Waals surface area contributed by atoms with Crippen LogP contribution in [0.15, 0.2) is 42.5 Å². The Bertz CT molecular complexity index is 773. The van der Waals surface area contributed by atoms with Crippen LogP contribution in [0.2, 0.25) is 0 Å². The zero-order valence-corrected chi connectivity index (χ0v) is 13.0. The van der Waals surface area contributed by atoms with Crippen molar-refractivity contribution in [3.05, 3.63) is 59.4 Å². The lowest BCUT2D eigenvalue weighted by Gasteiger charge is -2.09. The number of rotatable bonds is 6. The molecule has 0 bridgehead atoms. The van der Waals surface area contributed by atoms with Gasteiger partial charge in [-0.05, 0) is 18.2 Å². The molecule has 0 radical (unpaired) electrons. The van der Waals surface area contributed by atoms with E-state index in [1.54, 1.807) is 0 Å². The Labute approximate surface area is 143 Å². The molecule has 11 heteroatoms. The van der Waals surface area contributed by atoms with Crippen molar-refractivity contribution in [2.45, 2.75) is 12.6 Å². The summed E-state index contributed by atoms with van der Waals surface area (Å²) in [5, 5.41) is 5.21. The van der Waals surface area contributed by atoms with E-state index in [0.717, 1.165) is 12.1 Å². The molecule has 0 amide bonds. The van der Waals surface area contributed by atoms with Gasteiger partial charge in [-0.2, -0.15) is 13.2 Å². The highest BCUT2D eigenvalue weighted by Crippen LogP contribution is 2.28. The average Bonchev–Trinajstić information content (AvgIpc) is 2.58. The van der Waals surface area contributed by atoms with Gasteiger partial charge in [0.1, 0.15) is 5.82 Å². The minimum absolute atomic E-state index is 0.0265. The lowest BCUT2D eigenvalue weighted by Crippen LogP contribution is -2.15. The van der Waals surface area contributed by atoms with Gasteiger partial charge in [0, 0.05) is 30.0 Å². The van der Waals surface area contributed by atoms with Crippen LogP contribution >= 0.6 is 0 Å². The third-order valence-electron chi connectivity index (χ3n) is 3.09. The van der Waals surface area contributed by atoms with E-state index >= 15 is 0 Å². The van der Waals surface area contributed by atoms with Crippen molar-refractivity contribution >= 4 is 11.6 Å². The first-order valence-corrected chi connectivity index (χ1v) is 7.08. The van der Waals surface area contributed by atoms with E-state index < -0.39 is 29.5 Å². The fourth-order valence-electron chi connectivity index (χ4n) is 1.77. The molecule has 0 saturated heterocycles. The third kappa shape index (κ3) is 5.26. The van der Waals surface area contributed by atoms with Gasteiger partial charge in [-0.25, -0.2) is 23.1 Å². The molecule has 0 aliphatic carbocycles. The van der Waals surface area contributed by atoms with Crippen molar-refractivity contribution in [1.82, 2.24) is 9.97 Å². The minimum Gasteiger partial charge on any atom is -0.399 e. The molecule has 4 N–H and O–H groups in total. The summed E-state index contributed by atoms with van der Waals surface area (Å²) >= 11 is 0. The van der Waals surface area contributed by atoms with Crippen LogP contribution in [-0.2, 0) is 6.18 Å². The molecule has 140 valence electrons. The van der Waals surface area contributed by atoms with Crippen LogP contribution in [0.5, 0.6) is 0 Å². The van der Waals surface area contributed by atoms with E-state index in [4.69, 9.17) is 5.73 Å². The van der Waals surface area contributed by atoms with Crippen molar-refractivity contribution in [2.24, 2.45) is 5.73 Å². The number of hydrogen-bond acceptors (Lipinski definition) is 5. The van der Waals surface area contributed by atoms with Gasteiger partial charge < -0.3 is 16.4 Å². The van der Waals surface area contributed by atoms with Crippen molar-refractivity contribution in [1.29, 1.82) is 0 Å². The lowest BCUT2D eigenvalue weighted by atomic mass is 10.2. The minimum atomic E-state index is -4.53. The number of nitrogens with two attached hydrogens (primary N) is 1. The Balaban J connectivity index is 1.93. The molecule has 0 spiro atoms. The van der Waals surface area contributed by atoms with Gasteiger partial charge in [0.05, 0.1) is 17.7 Å². The SMILES string of the molecule is N/C(=C\Nc1ccc(F)c(C(F)F)c1)CNc1ncc(C(F)(F)F)cn1. The number of halogens is 6. The van der Waals surface area contributed by atoms with Gasteiger partial charge in [-0.15, -0.1) is 0 Å². The van der Waals surface area contributed by atoms with E-state index in [9.17, 15) is 26.3 Å². The van der Waals surface area contributed by atoms with Crippen molar-refractivity contribution in [2.75, 3.05) is 17.2 Å². The summed E-state index contributed by atoms with van der Waals surface area (Å²) in [4.78, 5) is 7.01. The zero-order valence-electron chi connectivity index (χ0n) is 13.0. The molecular formula is C15H13F6N5. The second-order valence-corrected chi connectivity index (χ2v) is 5.05. The number of alkyl halides is 5. The zero-order chi connectivity index (χ0) is 19.3. The molecule has 5 nitrogen and oxygen atoms in total. The van der Waals surface area contributed by atoms with Gasteiger partial charge in [0.2, 0.25) is 5.95 Å². The molecule has 2 aromatic rings. The van der Waals surface area contributed by atoms with Crippen LogP contribution in [0.25, 0.3) is 0 Å². The van der Waals surface area contributed by atoms with Crippen LogP contribution < -0.4 is 16.4 Å². The normalized spacial score (nSPS) is 12.3. The molecule has 2 rings (SSSR count). The maximum atomic E-state index is 13.2. The third-order valence-corrected chi connectivity index (χ3v) is 3.09. The predicted octanol–water partition coefficient (Wildman–Crippen LogP) is 3.90. The molecule has 1 aromatic heterocycles. The van der Waals surface area contributed by atoms with E-state index in [2.05, 4.69) is 20.6 Å². The number of anilines is 2. The van der Waals surface area contributed by atoms with E-state index in [1.165, 1.54) is 12.3 Å². The Morgan fingerprint density at radius 1 is 1.19 bits per heavy atom. The van der Waals surface area contributed by atoms with Crippen LogP contribution in [0.3, 0.4) is 0 Å². The molecule has 0 unspecified atom stereocenters. The number of nitrogens with zero attached hydrogens (tertiary/aromatic N) is 2. The van der Waals surface area contributed by atoms with Gasteiger partial charge in [-0.1, -0.05) is 0 Å². The predicted molar refractivity (Wildman–Crippen MR) is 82.8 cm³/mol. The highest BCUT2D eigenvalue weighted by molar-refractivity contribution is 5.49. The van der Waals surface area contributed by atoms with Gasteiger partial charge in [0.15, 0.2) is 0 Å². The number of aromatic nitrogens is 2. The second kappa shape index (κ2) is 7.93. The Morgan fingerprint density at radius 3 is 2.42 bits per heavy atom.